The van der Waals surface area contributed by atoms with Gasteiger partial charge >= 0.3 is 158 Å². The van der Waals surface area contributed by atoms with E-state index in [-0.39, 0.29) is 20.3 Å². The van der Waals surface area contributed by atoms with Crippen LogP contribution in [0.5, 0.6) is 0 Å². The molecule has 1 unspecified atom stereocenters. The predicted octanol–water partition coefficient (Wildman–Crippen LogP) is 5.31. The van der Waals surface area contributed by atoms with E-state index in [4.69, 9.17) is 20.6 Å². The molecular weight excluding hydrogens is 410 g/mol. The van der Waals surface area contributed by atoms with Crippen molar-refractivity contribution in [2.24, 2.45) is 0 Å². The van der Waals surface area contributed by atoms with Crippen LogP contribution in [0.4, 0.5) is 0 Å². The van der Waals surface area contributed by atoms with E-state index in [9.17, 15) is 4.57 Å². The van der Waals surface area contributed by atoms with Crippen molar-refractivity contribution in [1.82, 2.24) is 0 Å². The summed E-state index contributed by atoms with van der Waals surface area (Å²) < 4.78 is 25.9. The van der Waals surface area contributed by atoms with Gasteiger partial charge in [-0.05, 0) is 0 Å². The van der Waals surface area contributed by atoms with Crippen molar-refractivity contribution in [3.63, 3.8) is 0 Å². The molecule has 0 heterocycles. The molecule has 0 aliphatic rings. The van der Waals surface area contributed by atoms with E-state index in [1.807, 2.05) is 32.0 Å². The van der Waals surface area contributed by atoms with Crippen molar-refractivity contribution in [2.75, 3.05) is 13.2 Å². The predicted molar refractivity (Wildman–Crippen MR) is 105 cm³/mol. The molecule has 24 heavy (non-hydrogen) atoms. The Bertz CT molecular complexity index is 526. The number of allylic oxidation sites excluding steroid dienone is 1. The van der Waals surface area contributed by atoms with Crippen LogP contribution in [0.3, 0.4) is 0 Å². The van der Waals surface area contributed by atoms with Gasteiger partial charge in [0.15, 0.2) is 0 Å². The maximum absolute atomic E-state index is 12.9. The molecule has 0 bridgehead atoms. The van der Waals surface area contributed by atoms with Gasteiger partial charge in [-0.2, -0.15) is 0 Å². The molecule has 0 saturated carbocycles. The van der Waals surface area contributed by atoms with Gasteiger partial charge in [-0.25, -0.2) is 0 Å². The summed E-state index contributed by atoms with van der Waals surface area (Å²) in [7, 11) is -3.24. The van der Waals surface area contributed by atoms with Gasteiger partial charge in [-0.1, -0.05) is 0 Å². The fourth-order valence-corrected chi connectivity index (χ4v) is 7.01. The SMILES string of the molecule is CCCCCC(Cl)/C(=C/P(=O)(OCC)OCC)[Se]c1ccccc1. The number of benzene rings is 1. The van der Waals surface area contributed by atoms with E-state index in [0.717, 1.165) is 30.2 Å². The number of unbranched alkanes of at least 4 members (excludes halogenated alkanes) is 2. The van der Waals surface area contributed by atoms with Gasteiger partial charge in [0.05, 0.1) is 0 Å². The monoisotopic (exact) mass is 438 g/mol. The quantitative estimate of drug-likeness (QED) is 0.192. The third-order valence-electron chi connectivity index (χ3n) is 3.25. The molecule has 0 radical (unpaired) electrons. The molecule has 0 aliphatic carbocycles. The third-order valence-corrected chi connectivity index (χ3v) is 8.63. The van der Waals surface area contributed by atoms with Gasteiger partial charge in [-0.3, -0.25) is 0 Å². The molecule has 1 rings (SSSR count). The van der Waals surface area contributed by atoms with Crippen molar-refractivity contribution in [3.8, 4) is 0 Å². The number of hydrogen-bond donors (Lipinski definition) is 0. The third kappa shape index (κ3) is 8.34. The second-order valence-corrected chi connectivity index (χ2v) is 10.1. The maximum atomic E-state index is 12.9. The molecule has 1 aromatic carbocycles. The molecule has 1 atom stereocenters. The average Bonchev–Trinajstić information content (AvgIpc) is 2.55. The van der Waals surface area contributed by atoms with Crippen LogP contribution in [-0.2, 0) is 13.6 Å². The molecule has 0 amide bonds. The van der Waals surface area contributed by atoms with Crippen LogP contribution in [0.25, 0.3) is 0 Å². The molecule has 0 spiro atoms. The molecule has 1 aromatic rings. The Hall–Kier alpha value is -0.0805. The Balaban J connectivity index is 3.01. The summed E-state index contributed by atoms with van der Waals surface area (Å²) in [4.78, 5) is 0. The summed E-state index contributed by atoms with van der Waals surface area (Å²) in [5.41, 5.74) is 0. The number of rotatable bonds is 12. The van der Waals surface area contributed by atoms with Crippen molar-refractivity contribution < 1.29 is 13.6 Å². The molecule has 0 aromatic heterocycles. The number of hydrogen-bond acceptors (Lipinski definition) is 3. The summed E-state index contributed by atoms with van der Waals surface area (Å²) in [5, 5.41) is -0.133. The Morgan fingerprint density at radius 1 is 1.17 bits per heavy atom. The molecule has 0 N–H and O–H groups in total. The summed E-state index contributed by atoms with van der Waals surface area (Å²) in [5.74, 6) is 1.68. The minimum absolute atomic E-state index is 0.00372. The van der Waals surface area contributed by atoms with E-state index in [1.54, 1.807) is 5.82 Å². The zero-order valence-corrected chi connectivity index (χ0v) is 18.1. The Morgan fingerprint density at radius 3 is 2.33 bits per heavy atom. The molecule has 136 valence electrons. The van der Waals surface area contributed by atoms with Crippen LogP contribution in [0.2, 0.25) is 0 Å². The van der Waals surface area contributed by atoms with Crippen LogP contribution < -0.4 is 4.46 Å². The first-order chi connectivity index (χ1) is 11.5. The van der Waals surface area contributed by atoms with Crippen LogP contribution in [0.1, 0.15) is 46.5 Å². The topological polar surface area (TPSA) is 35.5 Å². The summed E-state index contributed by atoms with van der Waals surface area (Å²) in [6, 6.07) is 10.2. The molecule has 6 heteroatoms. The van der Waals surface area contributed by atoms with E-state index in [0.29, 0.717) is 13.2 Å². The van der Waals surface area contributed by atoms with E-state index < -0.39 is 7.60 Å². The van der Waals surface area contributed by atoms with Crippen LogP contribution >= 0.6 is 19.2 Å². The van der Waals surface area contributed by atoms with Crippen molar-refractivity contribution >= 4 is 38.6 Å². The first kappa shape index (κ1) is 22.0. The summed E-state index contributed by atoms with van der Waals surface area (Å²) >= 11 is 6.66. The average molecular weight is 438 g/mol. The Morgan fingerprint density at radius 2 is 1.79 bits per heavy atom. The van der Waals surface area contributed by atoms with Gasteiger partial charge in [0.1, 0.15) is 0 Å². The number of halogens is 1. The van der Waals surface area contributed by atoms with Gasteiger partial charge in [0.2, 0.25) is 0 Å². The Labute approximate surface area is 157 Å². The van der Waals surface area contributed by atoms with Gasteiger partial charge in [0, 0.05) is 0 Å². The second-order valence-electron chi connectivity index (χ2n) is 5.29. The van der Waals surface area contributed by atoms with Crippen LogP contribution in [-0.4, -0.2) is 33.5 Å². The Kier molecular flexibility index (Phi) is 11.3. The zero-order chi connectivity index (χ0) is 17.8. The molecule has 0 saturated heterocycles. The van der Waals surface area contributed by atoms with Gasteiger partial charge < -0.3 is 0 Å². The van der Waals surface area contributed by atoms with Crippen molar-refractivity contribution in [3.05, 3.63) is 40.6 Å². The minimum atomic E-state index is -3.24. The zero-order valence-electron chi connectivity index (χ0n) is 14.7. The molecule has 3 nitrogen and oxygen atoms in total. The fourth-order valence-electron chi connectivity index (χ4n) is 2.14. The molecular formula is C18H28ClO3PSe. The first-order valence-corrected chi connectivity index (χ1v) is 12.3. The van der Waals surface area contributed by atoms with E-state index >= 15 is 0 Å². The second kappa shape index (κ2) is 12.3. The van der Waals surface area contributed by atoms with Crippen LogP contribution in [0.15, 0.2) is 40.6 Å². The normalized spacial score (nSPS) is 13.9. The van der Waals surface area contributed by atoms with Crippen LogP contribution in [0, 0.1) is 0 Å². The van der Waals surface area contributed by atoms with Crippen molar-refractivity contribution in [1.29, 1.82) is 0 Å². The first-order valence-electron chi connectivity index (χ1n) is 8.53. The number of alkyl halides is 1. The molecule has 0 fully saturated rings. The van der Waals surface area contributed by atoms with E-state index in [1.165, 1.54) is 4.46 Å². The van der Waals surface area contributed by atoms with Gasteiger partial charge in [0.25, 0.3) is 0 Å². The van der Waals surface area contributed by atoms with Crippen molar-refractivity contribution in [2.45, 2.75) is 51.8 Å². The standard InChI is InChI=1S/C18H28ClO3PSe/c1-4-7-9-14-17(19)18(24-16-12-10-8-11-13-16)15-23(20,21-5-2)22-6-3/h8,10-13,15,17H,4-7,9,14H2,1-3H3/b18-15-. The van der Waals surface area contributed by atoms with E-state index in [2.05, 4.69) is 19.1 Å². The molecule has 0 aliphatic heterocycles. The summed E-state index contributed by atoms with van der Waals surface area (Å²) in [6.07, 6.45) is 4.26. The summed E-state index contributed by atoms with van der Waals surface area (Å²) in [6.45, 7) is 6.51. The van der Waals surface area contributed by atoms with Gasteiger partial charge in [-0.15, -0.1) is 0 Å². The fraction of sp³-hybridized carbons (Fsp3) is 0.556.